The van der Waals surface area contributed by atoms with Gasteiger partial charge in [0.05, 0.1) is 6.04 Å². The van der Waals surface area contributed by atoms with Crippen LogP contribution >= 0.6 is 0 Å². The first kappa shape index (κ1) is 13.8. The Bertz CT molecular complexity index is 452. The molecule has 2 amide bonds. The van der Waals surface area contributed by atoms with Crippen LogP contribution in [-0.4, -0.2) is 36.3 Å². The molecular weight excluding hydrogens is 242 g/mol. The maximum absolute atomic E-state index is 12.3. The maximum atomic E-state index is 12.3. The van der Waals surface area contributed by atoms with E-state index < -0.39 is 6.04 Å². The average Bonchev–Trinajstić information content (AvgIpc) is 2.51. The lowest BCUT2D eigenvalue weighted by molar-refractivity contribution is -0.128. The molecule has 1 aliphatic carbocycles. The predicted octanol–water partition coefficient (Wildman–Crippen LogP) is 0.532. The van der Waals surface area contributed by atoms with Gasteiger partial charge in [-0.25, -0.2) is 0 Å². The number of fused-ring (bicyclic) bond motifs is 1. The summed E-state index contributed by atoms with van der Waals surface area (Å²) >= 11 is 0. The molecule has 1 unspecified atom stereocenters. The van der Waals surface area contributed by atoms with Gasteiger partial charge in [0.1, 0.15) is 5.70 Å². The average molecular weight is 263 g/mol. The summed E-state index contributed by atoms with van der Waals surface area (Å²) in [6.07, 6.45) is 7.04. The topological polar surface area (TPSA) is 75.4 Å². The van der Waals surface area contributed by atoms with Crippen molar-refractivity contribution in [1.29, 1.82) is 0 Å². The van der Waals surface area contributed by atoms with Crippen LogP contribution in [0.3, 0.4) is 0 Å². The minimum atomic E-state index is -0.625. The van der Waals surface area contributed by atoms with Crippen LogP contribution in [0.2, 0.25) is 0 Å². The molecule has 0 bridgehead atoms. The van der Waals surface area contributed by atoms with Gasteiger partial charge in [-0.2, -0.15) is 0 Å². The first-order chi connectivity index (χ1) is 9.00. The lowest BCUT2D eigenvalue weighted by Gasteiger charge is -2.21. The van der Waals surface area contributed by atoms with Crippen molar-refractivity contribution in [3.8, 4) is 0 Å². The molecule has 0 aromatic heterocycles. The molecule has 19 heavy (non-hydrogen) atoms. The van der Waals surface area contributed by atoms with Gasteiger partial charge < -0.3 is 16.0 Å². The second-order valence-electron chi connectivity index (χ2n) is 5.30. The SMILES string of the molecule is C[C@H](N)C(=O)NC1=C2C=CCCC2CCN(C)C1=O. The molecule has 3 N–H and O–H groups in total. The minimum Gasteiger partial charge on any atom is -0.340 e. The zero-order valence-corrected chi connectivity index (χ0v) is 11.5. The van der Waals surface area contributed by atoms with Gasteiger partial charge in [0.2, 0.25) is 5.91 Å². The quantitative estimate of drug-likeness (QED) is 0.763. The first-order valence-corrected chi connectivity index (χ1v) is 6.73. The number of nitrogens with one attached hydrogen (secondary N) is 1. The molecule has 0 fully saturated rings. The number of nitrogens with two attached hydrogens (primary N) is 1. The van der Waals surface area contributed by atoms with Crippen molar-refractivity contribution < 1.29 is 9.59 Å². The molecule has 2 atom stereocenters. The van der Waals surface area contributed by atoms with Crippen LogP contribution in [0.1, 0.15) is 26.2 Å². The summed E-state index contributed by atoms with van der Waals surface area (Å²) in [5.41, 5.74) is 6.92. The molecule has 5 heteroatoms. The Kier molecular flexibility index (Phi) is 4.04. The summed E-state index contributed by atoms with van der Waals surface area (Å²) in [6, 6.07) is -0.625. The van der Waals surface area contributed by atoms with Gasteiger partial charge >= 0.3 is 0 Å². The van der Waals surface area contributed by atoms with E-state index in [1.807, 2.05) is 6.08 Å². The summed E-state index contributed by atoms with van der Waals surface area (Å²) in [5.74, 6) is -0.0933. The Morgan fingerprint density at radius 3 is 2.95 bits per heavy atom. The Hall–Kier alpha value is -1.62. The standard InChI is InChI=1S/C14H21N3O2/c1-9(15)13(18)16-12-11-6-4-3-5-10(11)7-8-17(2)14(12)19/h4,6,9-10H,3,5,7-8,15H2,1-2H3,(H,16,18)/t9-,10?/m0/s1. The fourth-order valence-corrected chi connectivity index (χ4v) is 2.51. The predicted molar refractivity (Wildman–Crippen MR) is 72.9 cm³/mol. The number of carbonyl (C=O) groups excluding carboxylic acids is 2. The number of likely N-dealkylation sites (N-methyl/N-ethyl adjacent to an activating group) is 1. The highest BCUT2D eigenvalue weighted by Crippen LogP contribution is 2.31. The Morgan fingerprint density at radius 1 is 1.53 bits per heavy atom. The number of amides is 2. The number of hydrogen-bond acceptors (Lipinski definition) is 3. The van der Waals surface area contributed by atoms with Crippen LogP contribution in [0.25, 0.3) is 0 Å². The third-order valence-electron chi connectivity index (χ3n) is 3.74. The molecule has 0 radical (unpaired) electrons. The normalized spacial score (nSPS) is 24.9. The van der Waals surface area contributed by atoms with Gasteiger partial charge in [0.15, 0.2) is 0 Å². The molecular formula is C14H21N3O2. The van der Waals surface area contributed by atoms with Crippen molar-refractivity contribution in [2.24, 2.45) is 11.7 Å². The van der Waals surface area contributed by atoms with Crippen molar-refractivity contribution in [1.82, 2.24) is 10.2 Å². The zero-order chi connectivity index (χ0) is 14.0. The molecule has 2 rings (SSSR count). The number of carbonyl (C=O) groups is 2. The largest absolute Gasteiger partial charge is 0.340 e. The van der Waals surface area contributed by atoms with E-state index in [9.17, 15) is 9.59 Å². The van der Waals surface area contributed by atoms with E-state index in [0.29, 0.717) is 11.6 Å². The summed E-state index contributed by atoms with van der Waals surface area (Å²) in [5, 5.41) is 2.71. The van der Waals surface area contributed by atoms with Gasteiger partial charge in [-0.3, -0.25) is 9.59 Å². The third-order valence-corrected chi connectivity index (χ3v) is 3.74. The van der Waals surface area contributed by atoms with Gasteiger partial charge in [-0.15, -0.1) is 0 Å². The number of hydrogen-bond donors (Lipinski definition) is 2. The Labute approximate surface area is 113 Å². The van der Waals surface area contributed by atoms with Crippen LogP contribution in [0, 0.1) is 5.92 Å². The molecule has 0 spiro atoms. The Morgan fingerprint density at radius 2 is 2.26 bits per heavy atom. The van der Waals surface area contributed by atoms with E-state index in [4.69, 9.17) is 5.73 Å². The van der Waals surface area contributed by atoms with E-state index in [1.165, 1.54) is 0 Å². The van der Waals surface area contributed by atoms with Crippen molar-refractivity contribution in [2.75, 3.05) is 13.6 Å². The highest BCUT2D eigenvalue weighted by Gasteiger charge is 2.30. The fraction of sp³-hybridized carbons (Fsp3) is 0.571. The van der Waals surface area contributed by atoms with Crippen LogP contribution in [-0.2, 0) is 9.59 Å². The van der Waals surface area contributed by atoms with E-state index in [0.717, 1.165) is 31.4 Å². The molecule has 0 saturated heterocycles. The van der Waals surface area contributed by atoms with Crippen LogP contribution in [0.5, 0.6) is 0 Å². The van der Waals surface area contributed by atoms with Crippen molar-refractivity contribution in [3.05, 3.63) is 23.4 Å². The van der Waals surface area contributed by atoms with Crippen molar-refractivity contribution in [2.45, 2.75) is 32.2 Å². The molecule has 1 aliphatic heterocycles. The number of nitrogens with zero attached hydrogens (tertiary/aromatic N) is 1. The van der Waals surface area contributed by atoms with Crippen LogP contribution in [0.4, 0.5) is 0 Å². The smallest absolute Gasteiger partial charge is 0.270 e. The monoisotopic (exact) mass is 263 g/mol. The Balaban J connectivity index is 2.37. The molecule has 104 valence electrons. The number of rotatable bonds is 2. The number of allylic oxidation sites excluding steroid dienone is 3. The van der Waals surface area contributed by atoms with Crippen molar-refractivity contribution >= 4 is 11.8 Å². The lowest BCUT2D eigenvalue weighted by atomic mass is 9.86. The van der Waals surface area contributed by atoms with Gasteiger partial charge in [0, 0.05) is 13.6 Å². The molecule has 1 heterocycles. The van der Waals surface area contributed by atoms with Crippen LogP contribution < -0.4 is 11.1 Å². The van der Waals surface area contributed by atoms with Gasteiger partial charge in [-0.1, -0.05) is 12.2 Å². The lowest BCUT2D eigenvalue weighted by Crippen LogP contribution is -2.42. The molecule has 0 aromatic rings. The van der Waals surface area contributed by atoms with E-state index in [1.54, 1.807) is 18.9 Å². The maximum Gasteiger partial charge on any atom is 0.270 e. The van der Waals surface area contributed by atoms with E-state index >= 15 is 0 Å². The third kappa shape index (κ3) is 2.87. The van der Waals surface area contributed by atoms with Crippen LogP contribution in [0.15, 0.2) is 23.4 Å². The first-order valence-electron chi connectivity index (χ1n) is 6.73. The van der Waals surface area contributed by atoms with Gasteiger partial charge in [-0.05, 0) is 37.7 Å². The zero-order valence-electron chi connectivity index (χ0n) is 11.5. The second kappa shape index (κ2) is 5.57. The highest BCUT2D eigenvalue weighted by atomic mass is 16.2. The minimum absolute atomic E-state index is 0.127. The molecule has 0 saturated carbocycles. The van der Waals surface area contributed by atoms with E-state index in [-0.39, 0.29) is 11.8 Å². The van der Waals surface area contributed by atoms with E-state index in [2.05, 4.69) is 11.4 Å². The molecule has 0 aromatic carbocycles. The molecule has 2 aliphatic rings. The summed E-state index contributed by atoms with van der Waals surface area (Å²) in [6.45, 7) is 2.33. The summed E-state index contributed by atoms with van der Waals surface area (Å²) < 4.78 is 0. The van der Waals surface area contributed by atoms with Crippen molar-refractivity contribution in [3.63, 3.8) is 0 Å². The highest BCUT2D eigenvalue weighted by molar-refractivity contribution is 5.99. The second-order valence-corrected chi connectivity index (χ2v) is 5.30. The summed E-state index contributed by atoms with van der Waals surface area (Å²) in [4.78, 5) is 25.8. The fourth-order valence-electron chi connectivity index (χ4n) is 2.51. The molecule has 5 nitrogen and oxygen atoms in total. The van der Waals surface area contributed by atoms with Gasteiger partial charge in [0.25, 0.3) is 5.91 Å². The summed E-state index contributed by atoms with van der Waals surface area (Å²) in [7, 11) is 1.77.